The lowest BCUT2D eigenvalue weighted by Gasteiger charge is -2.12. The van der Waals surface area contributed by atoms with Crippen LogP contribution in [0.3, 0.4) is 0 Å². The van der Waals surface area contributed by atoms with Gasteiger partial charge >= 0.3 is 0 Å². The number of fused-ring (bicyclic) bond motifs is 1. The van der Waals surface area contributed by atoms with E-state index in [0.29, 0.717) is 33.4 Å². The third kappa shape index (κ3) is 5.30. The van der Waals surface area contributed by atoms with Crippen LogP contribution in [0.1, 0.15) is 0 Å². The Balaban J connectivity index is 1.47. The molecule has 0 saturated carbocycles. The SMILES string of the molecule is COc1ccc(Nc2ncnc3ccc(-c4cncc(NS(=O)(=O)c5cccc(F)c5)c4)cc23)cc1Cl. The Morgan fingerprint density at radius 2 is 1.78 bits per heavy atom. The van der Waals surface area contributed by atoms with Crippen molar-refractivity contribution in [3.63, 3.8) is 0 Å². The number of methoxy groups -OCH3 is 1. The summed E-state index contributed by atoms with van der Waals surface area (Å²) in [6, 6.07) is 17.3. The van der Waals surface area contributed by atoms with Gasteiger partial charge in [0, 0.05) is 22.8 Å². The Morgan fingerprint density at radius 1 is 0.919 bits per heavy atom. The van der Waals surface area contributed by atoms with Crippen LogP contribution in [0.25, 0.3) is 22.0 Å². The van der Waals surface area contributed by atoms with Crippen molar-refractivity contribution in [2.45, 2.75) is 4.90 Å². The molecule has 0 unspecified atom stereocenters. The first-order valence-corrected chi connectivity index (χ1v) is 12.8. The van der Waals surface area contributed by atoms with Crippen molar-refractivity contribution >= 4 is 49.7 Å². The van der Waals surface area contributed by atoms with Crippen LogP contribution in [-0.2, 0) is 10.0 Å². The van der Waals surface area contributed by atoms with Crippen LogP contribution in [0.15, 0.2) is 90.3 Å². The van der Waals surface area contributed by atoms with Crippen molar-refractivity contribution in [1.29, 1.82) is 0 Å². The molecule has 0 spiro atoms. The number of benzene rings is 3. The highest BCUT2D eigenvalue weighted by atomic mass is 35.5. The summed E-state index contributed by atoms with van der Waals surface area (Å²) >= 11 is 6.25. The number of nitrogens with zero attached hydrogens (tertiary/aromatic N) is 3. The number of anilines is 3. The Labute approximate surface area is 217 Å². The first-order chi connectivity index (χ1) is 17.8. The zero-order valence-corrected chi connectivity index (χ0v) is 20.9. The van der Waals surface area contributed by atoms with Gasteiger partial charge in [0.1, 0.15) is 23.7 Å². The van der Waals surface area contributed by atoms with E-state index in [2.05, 4.69) is 25.0 Å². The summed E-state index contributed by atoms with van der Waals surface area (Å²) in [6.45, 7) is 0. The highest BCUT2D eigenvalue weighted by Crippen LogP contribution is 2.32. The lowest BCUT2D eigenvalue weighted by atomic mass is 10.0. The van der Waals surface area contributed by atoms with Gasteiger partial charge in [-0.2, -0.15) is 0 Å². The average Bonchev–Trinajstić information content (AvgIpc) is 2.89. The Bertz CT molecular complexity index is 1730. The highest BCUT2D eigenvalue weighted by molar-refractivity contribution is 7.92. The fourth-order valence-corrected chi connectivity index (χ4v) is 5.04. The summed E-state index contributed by atoms with van der Waals surface area (Å²) in [6.07, 6.45) is 4.45. The van der Waals surface area contributed by atoms with E-state index in [1.165, 1.54) is 30.7 Å². The molecule has 8 nitrogen and oxygen atoms in total. The predicted octanol–water partition coefficient (Wildman–Crippen LogP) is 6.04. The van der Waals surface area contributed by atoms with Crippen LogP contribution in [0.4, 0.5) is 21.6 Å². The van der Waals surface area contributed by atoms with E-state index in [1.54, 1.807) is 31.5 Å². The van der Waals surface area contributed by atoms with Crippen LogP contribution < -0.4 is 14.8 Å². The van der Waals surface area contributed by atoms with Crippen LogP contribution in [0.2, 0.25) is 5.02 Å². The number of rotatable bonds is 7. The van der Waals surface area contributed by atoms with Gasteiger partial charge < -0.3 is 10.1 Å². The quantitative estimate of drug-likeness (QED) is 0.262. The minimum absolute atomic E-state index is 0.185. The van der Waals surface area contributed by atoms with Crippen LogP contribution in [-0.4, -0.2) is 30.5 Å². The van der Waals surface area contributed by atoms with Gasteiger partial charge in [0.05, 0.1) is 34.4 Å². The van der Waals surface area contributed by atoms with Gasteiger partial charge in [-0.05, 0) is 60.2 Å². The molecule has 2 heterocycles. The monoisotopic (exact) mass is 535 g/mol. The van der Waals surface area contributed by atoms with Crippen molar-refractivity contribution < 1.29 is 17.5 Å². The molecule has 5 aromatic rings. The van der Waals surface area contributed by atoms with Gasteiger partial charge in [-0.25, -0.2) is 22.8 Å². The van der Waals surface area contributed by atoms with E-state index in [0.717, 1.165) is 17.0 Å². The molecule has 0 aliphatic heterocycles. The molecule has 0 bridgehead atoms. The van der Waals surface area contributed by atoms with Crippen LogP contribution in [0, 0.1) is 5.82 Å². The minimum Gasteiger partial charge on any atom is -0.495 e. The molecular weight excluding hydrogens is 517 g/mol. The van der Waals surface area contributed by atoms with Gasteiger partial charge in [0.2, 0.25) is 0 Å². The molecule has 0 atom stereocenters. The zero-order chi connectivity index (χ0) is 26.0. The second-order valence-electron chi connectivity index (χ2n) is 7.95. The number of hydrogen-bond donors (Lipinski definition) is 2. The standard InChI is InChI=1S/C26H19ClFN5O3S/c1-36-25-8-6-19(12-23(25)27)32-26-22-10-16(5-7-24(22)30-15-31-26)17-9-20(14-29-13-17)33-37(34,35)21-4-2-3-18(28)11-21/h2-15,33H,1H3,(H,30,31,32). The van der Waals surface area contributed by atoms with E-state index < -0.39 is 15.8 Å². The summed E-state index contributed by atoms with van der Waals surface area (Å²) in [5, 5.41) is 4.44. The zero-order valence-electron chi connectivity index (χ0n) is 19.3. The van der Waals surface area contributed by atoms with Crippen molar-refractivity contribution in [3.05, 3.63) is 96.3 Å². The van der Waals surface area contributed by atoms with Gasteiger partial charge in [-0.3, -0.25) is 9.71 Å². The largest absolute Gasteiger partial charge is 0.495 e. The second-order valence-corrected chi connectivity index (χ2v) is 10.0. The number of pyridine rings is 1. The lowest BCUT2D eigenvalue weighted by Crippen LogP contribution is -2.13. The number of aromatic nitrogens is 3. The summed E-state index contributed by atoms with van der Waals surface area (Å²) in [5.41, 5.74) is 3.07. The first kappa shape index (κ1) is 24.4. The molecule has 2 aromatic heterocycles. The van der Waals surface area contributed by atoms with Crippen molar-refractivity contribution in [2.24, 2.45) is 0 Å². The van der Waals surface area contributed by atoms with E-state index >= 15 is 0 Å². The van der Waals surface area contributed by atoms with E-state index in [1.807, 2.05) is 24.3 Å². The van der Waals surface area contributed by atoms with E-state index in [9.17, 15) is 12.8 Å². The first-order valence-electron chi connectivity index (χ1n) is 10.9. The summed E-state index contributed by atoms with van der Waals surface area (Å²) in [5.74, 6) is 0.473. The van der Waals surface area contributed by atoms with E-state index in [-0.39, 0.29) is 10.6 Å². The third-order valence-electron chi connectivity index (χ3n) is 5.48. The normalized spacial score (nSPS) is 11.3. The number of nitrogens with one attached hydrogen (secondary N) is 2. The summed E-state index contributed by atoms with van der Waals surface area (Å²) < 4.78 is 46.6. The third-order valence-corrected chi connectivity index (χ3v) is 7.15. The maximum absolute atomic E-state index is 13.5. The molecule has 0 saturated heterocycles. The molecule has 0 amide bonds. The summed E-state index contributed by atoms with van der Waals surface area (Å²) in [4.78, 5) is 12.7. The van der Waals surface area contributed by atoms with Crippen LogP contribution >= 0.6 is 11.6 Å². The Kier molecular flexibility index (Phi) is 6.60. The van der Waals surface area contributed by atoms with Crippen molar-refractivity contribution in [2.75, 3.05) is 17.1 Å². The predicted molar refractivity (Wildman–Crippen MR) is 141 cm³/mol. The molecule has 5 rings (SSSR count). The van der Waals surface area contributed by atoms with Gasteiger partial charge in [-0.1, -0.05) is 23.7 Å². The fraction of sp³-hybridized carbons (Fsp3) is 0.0385. The Morgan fingerprint density at radius 3 is 2.57 bits per heavy atom. The number of ether oxygens (including phenoxy) is 1. The second kappa shape index (κ2) is 10.00. The number of halogens is 2. The molecule has 186 valence electrons. The lowest BCUT2D eigenvalue weighted by molar-refractivity contribution is 0.415. The van der Waals surface area contributed by atoms with Crippen molar-refractivity contribution in [3.8, 4) is 16.9 Å². The molecule has 3 aromatic carbocycles. The van der Waals surface area contributed by atoms with Crippen molar-refractivity contribution in [1.82, 2.24) is 15.0 Å². The smallest absolute Gasteiger partial charge is 0.262 e. The van der Waals surface area contributed by atoms with Gasteiger partial charge in [0.15, 0.2) is 0 Å². The fourth-order valence-electron chi connectivity index (χ4n) is 3.72. The number of hydrogen-bond acceptors (Lipinski definition) is 7. The van der Waals surface area contributed by atoms with Gasteiger partial charge in [-0.15, -0.1) is 0 Å². The molecule has 0 aliphatic rings. The molecular formula is C26H19ClFN5O3S. The number of sulfonamides is 1. The topological polar surface area (TPSA) is 106 Å². The van der Waals surface area contributed by atoms with E-state index in [4.69, 9.17) is 16.3 Å². The molecule has 0 radical (unpaired) electrons. The molecule has 2 N–H and O–H groups in total. The molecule has 11 heteroatoms. The highest BCUT2D eigenvalue weighted by Gasteiger charge is 2.16. The Hall–Kier alpha value is -4.28. The molecule has 37 heavy (non-hydrogen) atoms. The minimum atomic E-state index is -4.00. The van der Waals surface area contributed by atoms with Crippen LogP contribution in [0.5, 0.6) is 5.75 Å². The maximum atomic E-state index is 13.5. The average molecular weight is 536 g/mol. The molecule has 0 aliphatic carbocycles. The van der Waals surface area contributed by atoms with Gasteiger partial charge in [0.25, 0.3) is 10.0 Å². The summed E-state index contributed by atoms with van der Waals surface area (Å²) in [7, 11) is -2.45. The maximum Gasteiger partial charge on any atom is 0.262 e. The molecule has 0 fully saturated rings.